The minimum Gasteiger partial charge on any atom is -0.493 e. The van der Waals surface area contributed by atoms with Crippen molar-refractivity contribution < 1.29 is 4.74 Å². The lowest BCUT2D eigenvalue weighted by molar-refractivity contribution is 0.308. The Balaban J connectivity index is 1.86. The lowest BCUT2D eigenvalue weighted by Crippen LogP contribution is -2.01. The summed E-state index contributed by atoms with van der Waals surface area (Å²) in [4.78, 5) is 0. The normalized spacial score (nSPS) is 10.7. The van der Waals surface area contributed by atoms with E-state index in [4.69, 9.17) is 4.74 Å². The van der Waals surface area contributed by atoms with Gasteiger partial charge in [-0.2, -0.15) is 5.10 Å². The first kappa shape index (κ1) is 13.7. The van der Waals surface area contributed by atoms with Gasteiger partial charge in [0.15, 0.2) is 0 Å². The minimum absolute atomic E-state index is 0.744. The second-order valence-corrected chi connectivity index (χ2v) is 5.13. The van der Waals surface area contributed by atoms with E-state index >= 15 is 0 Å². The molecule has 0 atom stereocenters. The minimum atomic E-state index is 0.744. The molecule has 0 saturated heterocycles. The van der Waals surface area contributed by atoms with Crippen molar-refractivity contribution in [2.75, 3.05) is 6.61 Å². The van der Waals surface area contributed by atoms with Gasteiger partial charge < -0.3 is 4.74 Å². The molecule has 0 fully saturated rings. The molecule has 2 rings (SSSR count). The van der Waals surface area contributed by atoms with Crippen molar-refractivity contribution in [2.45, 2.75) is 40.5 Å². The predicted molar refractivity (Wildman–Crippen MR) is 77.8 cm³/mol. The van der Waals surface area contributed by atoms with Crippen LogP contribution in [-0.2, 0) is 6.42 Å². The maximum Gasteiger partial charge on any atom is 0.122 e. The molecule has 3 heteroatoms. The molecule has 0 unspecified atom stereocenters. The fourth-order valence-electron chi connectivity index (χ4n) is 2.24. The highest BCUT2D eigenvalue weighted by atomic mass is 16.5. The Morgan fingerprint density at radius 3 is 2.63 bits per heavy atom. The summed E-state index contributed by atoms with van der Waals surface area (Å²) < 4.78 is 5.87. The smallest absolute Gasteiger partial charge is 0.122 e. The Labute approximate surface area is 115 Å². The number of hydrogen-bond acceptors (Lipinski definition) is 2. The molecule has 0 radical (unpaired) electrons. The van der Waals surface area contributed by atoms with E-state index in [0.717, 1.165) is 30.9 Å². The number of benzene rings is 1. The molecule has 0 aliphatic heterocycles. The van der Waals surface area contributed by atoms with Crippen LogP contribution in [0.3, 0.4) is 0 Å². The maximum absolute atomic E-state index is 5.87. The summed E-state index contributed by atoms with van der Waals surface area (Å²) in [7, 11) is 0. The average Bonchev–Trinajstić information content (AvgIpc) is 2.69. The summed E-state index contributed by atoms with van der Waals surface area (Å²) in [5.74, 6) is 1.00. The van der Waals surface area contributed by atoms with Gasteiger partial charge in [-0.25, -0.2) is 0 Å². The van der Waals surface area contributed by atoms with Gasteiger partial charge in [-0.05, 0) is 63.3 Å². The van der Waals surface area contributed by atoms with Gasteiger partial charge in [-0.1, -0.05) is 12.1 Å². The van der Waals surface area contributed by atoms with E-state index < -0.39 is 0 Å². The van der Waals surface area contributed by atoms with Crippen LogP contribution in [0.2, 0.25) is 0 Å². The highest BCUT2D eigenvalue weighted by molar-refractivity contribution is 5.35. The van der Waals surface area contributed by atoms with Crippen LogP contribution in [0.1, 0.15) is 34.5 Å². The SMILES string of the molecule is Cc1ccc(C)c(OCCCc2c(C)n[nH]c2C)c1. The fraction of sp³-hybridized carbons (Fsp3) is 0.438. The standard InChI is InChI=1S/C16H22N2O/c1-11-7-8-12(2)16(10-11)19-9-5-6-15-13(3)17-18-14(15)4/h7-8,10H,5-6,9H2,1-4H3,(H,17,18). The number of ether oxygens (including phenoxy) is 1. The first-order chi connectivity index (χ1) is 9.08. The van der Waals surface area contributed by atoms with Crippen LogP contribution in [-0.4, -0.2) is 16.8 Å². The zero-order chi connectivity index (χ0) is 13.8. The lowest BCUT2D eigenvalue weighted by Gasteiger charge is -2.10. The van der Waals surface area contributed by atoms with Gasteiger partial charge in [0.2, 0.25) is 0 Å². The van der Waals surface area contributed by atoms with Crippen LogP contribution in [0.4, 0.5) is 0 Å². The lowest BCUT2D eigenvalue weighted by atomic mass is 10.1. The summed E-state index contributed by atoms with van der Waals surface area (Å²) in [5.41, 5.74) is 6.03. The molecule has 19 heavy (non-hydrogen) atoms. The van der Waals surface area contributed by atoms with Gasteiger partial charge in [0.1, 0.15) is 5.75 Å². The first-order valence-electron chi connectivity index (χ1n) is 6.78. The van der Waals surface area contributed by atoms with Crippen LogP contribution < -0.4 is 4.74 Å². The molecule has 1 heterocycles. The average molecular weight is 258 g/mol. The van der Waals surface area contributed by atoms with Crippen molar-refractivity contribution in [3.63, 3.8) is 0 Å². The van der Waals surface area contributed by atoms with E-state index in [1.54, 1.807) is 0 Å². The monoisotopic (exact) mass is 258 g/mol. The first-order valence-corrected chi connectivity index (χ1v) is 6.78. The van der Waals surface area contributed by atoms with Gasteiger partial charge in [0, 0.05) is 5.69 Å². The number of H-pyrrole nitrogens is 1. The fourth-order valence-corrected chi connectivity index (χ4v) is 2.24. The number of hydrogen-bond donors (Lipinski definition) is 1. The Kier molecular flexibility index (Phi) is 4.25. The van der Waals surface area contributed by atoms with Gasteiger partial charge in [-0.3, -0.25) is 5.10 Å². The van der Waals surface area contributed by atoms with Crippen LogP contribution in [0.25, 0.3) is 0 Å². The van der Waals surface area contributed by atoms with E-state index in [1.807, 2.05) is 6.92 Å². The molecular formula is C16H22N2O. The van der Waals surface area contributed by atoms with Crippen molar-refractivity contribution in [3.8, 4) is 5.75 Å². The van der Waals surface area contributed by atoms with E-state index in [1.165, 1.54) is 22.4 Å². The van der Waals surface area contributed by atoms with E-state index in [0.29, 0.717) is 0 Å². The zero-order valence-electron chi connectivity index (χ0n) is 12.2. The van der Waals surface area contributed by atoms with Crippen LogP contribution >= 0.6 is 0 Å². The van der Waals surface area contributed by atoms with Crippen LogP contribution in [0.5, 0.6) is 5.75 Å². The summed E-state index contributed by atoms with van der Waals surface area (Å²) in [6.07, 6.45) is 2.02. The third-order valence-electron chi connectivity index (χ3n) is 3.45. The molecular weight excluding hydrogens is 236 g/mol. The third kappa shape index (κ3) is 3.37. The van der Waals surface area contributed by atoms with Crippen molar-refractivity contribution in [3.05, 3.63) is 46.3 Å². The van der Waals surface area contributed by atoms with Crippen LogP contribution in [0.15, 0.2) is 18.2 Å². The van der Waals surface area contributed by atoms with E-state index in [2.05, 4.69) is 49.2 Å². The largest absolute Gasteiger partial charge is 0.493 e. The van der Waals surface area contributed by atoms with Gasteiger partial charge in [0.05, 0.1) is 12.3 Å². The van der Waals surface area contributed by atoms with Crippen molar-refractivity contribution >= 4 is 0 Å². The number of rotatable bonds is 5. The van der Waals surface area contributed by atoms with Crippen molar-refractivity contribution in [1.82, 2.24) is 10.2 Å². The molecule has 0 spiro atoms. The number of nitrogens with zero attached hydrogens (tertiary/aromatic N) is 1. The molecule has 1 aromatic heterocycles. The highest BCUT2D eigenvalue weighted by Gasteiger charge is 2.06. The summed E-state index contributed by atoms with van der Waals surface area (Å²) in [6.45, 7) is 9.03. The second-order valence-electron chi connectivity index (χ2n) is 5.13. The molecule has 1 aromatic carbocycles. The Morgan fingerprint density at radius 2 is 1.95 bits per heavy atom. The Bertz CT molecular complexity index is 538. The molecule has 1 N–H and O–H groups in total. The Hall–Kier alpha value is -1.77. The molecule has 102 valence electrons. The van der Waals surface area contributed by atoms with Gasteiger partial charge in [0.25, 0.3) is 0 Å². The third-order valence-corrected chi connectivity index (χ3v) is 3.45. The number of aryl methyl sites for hydroxylation is 4. The highest BCUT2D eigenvalue weighted by Crippen LogP contribution is 2.19. The van der Waals surface area contributed by atoms with Gasteiger partial charge >= 0.3 is 0 Å². The molecule has 0 aliphatic rings. The number of aromatic nitrogens is 2. The van der Waals surface area contributed by atoms with E-state index in [9.17, 15) is 0 Å². The predicted octanol–water partition coefficient (Wildman–Crippen LogP) is 3.65. The van der Waals surface area contributed by atoms with Crippen molar-refractivity contribution in [1.29, 1.82) is 0 Å². The maximum atomic E-state index is 5.87. The van der Waals surface area contributed by atoms with E-state index in [-0.39, 0.29) is 0 Å². The van der Waals surface area contributed by atoms with Crippen LogP contribution in [0, 0.1) is 27.7 Å². The topological polar surface area (TPSA) is 37.9 Å². The number of aromatic amines is 1. The summed E-state index contributed by atoms with van der Waals surface area (Å²) in [6, 6.07) is 6.32. The number of nitrogens with one attached hydrogen (secondary N) is 1. The molecule has 0 saturated carbocycles. The molecule has 0 amide bonds. The molecule has 3 nitrogen and oxygen atoms in total. The Morgan fingerprint density at radius 1 is 1.16 bits per heavy atom. The quantitative estimate of drug-likeness (QED) is 0.831. The van der Waals surface area contributed by atoms with Gasteiger partial charge in [-0.15, -0.1) is 0 Å². The molecule has 0 aliphatic carbocycles. The summed E-state index contributed by atoms with van der Waals surface area (Å²) >= 11 is 0. The molecule has 2 aromatic rings. The van der Waals surface area contributed by atoms with Crippen molar-refractivity contribution in [2.24, 2.45) is 0 Å². The molecule has 0 bridgehead atoms. The second kappa shape index (κ2) is 5.91. The summed E-state index contributed by atoms with van der Waals surface area (Å²) in [5, 5.41) is 7.23. The zero-order valence-corrected chi connectivity index (χ0v) is 12.2.